The summed E-state index contributed by atoms with van der Waals surface area (Å²) in [5, 5.41) is 11.3. The fraction of sp³-hybridized carbons (Fsp3) is 0.0625. The summed E-state index contributed by atoms with van der Waals surface area (Å²) < 4.78 is 1.92. The third kappa shape index (κ3) is 1.87. The molecule has 0 saturated carbocycles. The first kappa shape index (κ1) is 12.3. The van der Waals surface area contributed by atoms with Gasteiger partial charge in [0.15, 0.2) is 11.5 Å². The minimum Gasteiger partial charge on any atom is -0.263 e. The molecular weight excluding hydrogens is 284 g/mol. The van der Waals surface area contributed by atoms with Crippen LogP contribution in [0.2, 0.25) is 5.15 Å². The zero-order chi connectivity index (χ0) is 14.4. The molecule has 0 amide bonds. The number of hydrogen-bond donors (Lipinski definition) is 0. The van der Waals surface area contributed by atoms with Crippen LogP contribution in [0.15, 0.2) is 48.5 Å². The molecule has 4 nitrogen and oxygen atoms in total. The summed E-state index contributed by atoms with van der Waals surface area (Å²) in [6.07, 6.45) is 0. The molecule has 0 fully saturated rings. The zero-order valence-corrected chi connectivity index (χ0v) is 12.0. The predicted octanol–water partition coefficient (Wildman–Crippen LogP) is 3.91. The first-order chi connectivity index (χ1) is 10.2. The maximum Gasteiger partial charge on any atom is 0.170 e. The van der Waals surface area contributed by atoms with Crippen LogP contribution in [-0.2, 0) is 0 Å². The van der Waals surface area contributed by atoms with Gasteiger partial charge < -0.3 is 0 Å². The molecule has 2 aromatic carbocycles. The lowest BCUT2D eigenvalue weighted by Crippen LogP contribution is -1.98. The smallest absolute Gasteiger partial charge is 0.170 e. The minimum atomic E-state index is 0.428. The molecule has 0 saturated heterocycles. The van der Waals surface area contributed by atoms with Crippen LogP contribution in [0.25, 0.3) is 27.8 Å². The van der Waals surface area contributed by atoms with Gasteiger partial charge in [-0.15, -0.1) is 10.2 Å². The van der Waals surface area contributed by atoms with E-state index in [0.717, 1.165) is 22.6 Å². The van der Waals surface area contributed by atoms with Crippen LogP contribution < -0.4 is 0 Å². The SMILES string of the molecule is Cc1nc(Cl)cc2nnc(-c3cccc4ccccc34)n12. The van der Waals surface area contributed by atoms with Crippen molar-refractivity contribution in [2.24, 2.45) is 0 Å². The van der Waals surface area contributed by atoms with Gasteiger partial charge in [-0.25, -0.2) is 4.98 Å². The van der Waals surface area contributed by atoms with E-state index in [1.165, 1.54) is 5.39 Å². The normalized spacial score (nSPS) is 11.3. The Balaban J connectivity index is 2.10. The van der Waals surface area contributed by atoms with Crippen molar-refractivity contribution in [3.63, 3.8) is 0 Å². The molecule has 4 aromatic rings. The van der Waals surface area contributed by atoms with Crippen molar-refractivity contribution >= 4 is 28.0 Å². The molecule has 0 N–H and O–H groups in total. The number of hydrogen-bond acceptors (Lipinski definition) is 3. The van der Waals surface area contributed by atoms with Crippen molar-refractivity contribution in [2.45, 2.75) is 6.92 Å². The number of fused-ring (bicyclic) bond motifs is 2. The number of aryl methyl sites for hydroxylation is 1. The van der Waals surface area contributed by atoms with Gasteiger partial charge in [-0.05, 0) is 17.7 Å². The highest BCUT2D eigenvalue weighted by Crippen LogP contribution is 2.28. The third-order valence-electron chi connectivity index (χ3n) is 3.56. The van der Waals surface area contributed by atoms with E-state index in [9.17, 15) is 0 Å². The van der Waals surface area contributed by atoms with Gasteiger partial charge in [0, 0.05) is 11.6 Å². The van der Waals surface area contributed by atoms with E-state index in [-0.39, 0.29) is 0 Å². The summed E-state index contributed by atoms with van der Waals surface area (Å²) in [6.45, 7) is 1.90. The van der Waals surface area contributed by atoms with Crippen LogP contribution >= 0.6 is 11.6 Å². The molecule has 0 aliphatic carbocycles. The summed E-state index contributed by atoms with van der Waals surface area (Å²) in [5.74, 6) is 1.55. The Morgan fingerprint density at radius 3 is 2.71 bits per heavy atom. The van der Waals surface area contributed by atoms with E-state index in [0.29, 0.717) is 10.8 Å². The second-order valence-electron chi connectivity index (χ2n) is 4.87. The van der Waals surface area contributed by atoms with Crippen molar-refractivity contribution in [3.8, 4) is 11.4 Å². The van der Waals surface area contributed by atoms with Crippen molar-refractivity contribution in [1.29, 1.82) is 0 Å². The Morgan fingerprint density at radius 2 is 1.81 bits per heavy atom. The molecule has 0 atom stereocenters. The van der Waals surface area contributed by atoms with Gasteiger partial charge in [0.2, 0.25) is 0 Å². The first-order valence-corrected chi connectivity index (χ1v) is 6.98. The molecule has 2 heterocycles. The molecular formula is C16H11ClN4. The first-order valence-electron chi connectivity index (χ1n) is 6.60. The lowest BCUT2D eigenvalue weighted by atomic mass is 10.0. The van der Waals surface area contributed by atoms with Crippen LogP contribution in [0.4, 0.5) is 0 Å². The highest BCUT2D eigenvalue weighted by atomic mass is 35.5. The molecule has 0 bridgehead atoms. The zero-order valence-electron chi connectivity index (χ0n) is 11.3. The van der Waals surface area contributed by atoms with Crippen molar-refractivity contribution in [3.05, 3.63) is 59.5 Å². The van der Waals surface area contributed by atoms with E-state index in [2.05, 4.69) is 33.4 Å². The predicted molar refractivity (Wildman–Crippen MR) is 83.5 cm³/mol. The minimum absolute atomic E-state index is 0.428. The molecule has 0 aliphatic heterocycles. The van der Waals surface area contributed by atoms with E-state index in [1.54, 1.807) is 6.07 Å². The lowest BCUT2D eigenvalue weighted by Gasteiger charge is -2.07. The summed E-state index contributed by atoms with van der Waals surface area (Å²) in [6, 6.07) is 16.1. The van der Waals surface area contributed by atoms with E-state index >= 15 is 0 Å². The Hall–Kier alpha value is -2.46. The third-order valence-corrected chi connectivity index (χ3v) is 3.75. The molecule has 102 valence electrons. The molecule has 21 heavy (non-hydrogen) atoms. The number of halogens is 1. The molecule has 0 spiro atoms. The van der Waals surface area contributed by atoms with Gasteiger partial charge in [0.1, 0.15) is 11.0 Å². The Morgan fingerprint density at radius 1 is 1.00 bits per heavy atom. The number of nitrogens with zero attached hydrogens (tertiary/aromatic N) is 4. The van der Waals surface area contributed by atoms with Crippen LogP contribution in [-0.4, -0.2) is 19.6 Å². The number of aromatic nitrogens is 4. The maximum absolute atomic E-state index is 5.98. The molecule has 0 aliphatic rings. The van der Waals surface area contributed by atoms with Crippen LogP contribution in [0, 0.1) is 6.92 Å². The van der Waals surface area contributed by atoms with Gasteiger partial charge in [-0.1, -0.05) is 54.1 Å². The van der Waals surface area contributed by atoms with Crippen LogP contribution in [0.5, 0.6) is 0 Å². The second-order valence-corrected chi connectivity index (χ2v) is 5.26. The summed E-state index contributed by atoms with van der Waals surface area (Å²) >= 11 is 5.98. The summed E-state index contributed by atoms with van der Waals surface area (Å²) in [5.41, 5.74) is 1.74. The fourth-order valence-corrected chi connectivity index (χ4v) is 2.87. The fourth-order valence-electron chi connectivity index (χ4n) is 2.65. The van der Waals surface area contributed by atoms with E-state index < -0.39 is 0 Å². The van der Waals surface area contributed by atoms with Gasteiger partial charge in [-0.2, -0.15) is 0 Å². The quantitative estimate of drug-likeness (QED) is 0.500. The molecule has 5 heteroatoms. The molecule has 4 rings (SSSR count). The average molecular weight is 295 g/mol. The van der Waals surface area contributed by atoms with Crippen LogP contribution in [0.1, 0.15) is 5.82 Å². The Labute approximate surface area is 126 Å². The number of rotatable bonds is 1. The monoisotopic (exact) mass is 294 g/mol. The Kier molecular flexibility index (Phi) is 2.65. The van der Waals surface area contributed by atoms with Gasteiger partial charge in [-0.3, -0.25) is 4.40 Å². The van der Waals surface area contributed by atoms with E-state index in [4.69, 9.17) is 11.6 Å². The van der Waals surface area contributed by atoms with Crippen LogP contribution in [0.3, 0.4) is 0 Å². The number of benzene rings is 2. The topological polar surface area (TPSA) is 43.1 Å². The van der Waals surface area contributed by atoms with Gasteiger partial charge in [0.25, 0.3) is 0 Å². The van der Waals surface area contributed by atoms with Crippen molar-refractivity contribution in [2.75, 3.05) is 0 Å². The van der Waals surface area contributed by atoms with E-state index in [1.807, 2.05) is 35.6 Å². The largest absolute Gasteiger partial charge is 0.263 e. The molecule has 0 unspecified atom stereocenters. The van der Waals surface area contributed by atoms with Crippen molar-refractivity contribution in [1.82, 2.24) is 19.6 Å². The summed E-state index contributed by atoms with van der Waals surface area (Å²) in [7, 11) is 0. The van der Waals surface area contributed by atoms with Crippen molar-refractivity contribution < 1.29 is 0 Å². The average Bonchev–Trinajstić information content (AvgIpc) is 2.90. The molecule has 0 radical (unpaired) electrons. The van der Waals surface area contributed by atoms with Gasteiger partial charge >= 0.3 is 0 Å². The Bertz CT molecular complexity index is 969. The second kappa shape index (κ2) is 4.53. The lowest BCUT2D eigenvalue weighted by molar-refractivity contribution is 0.989. The summed E-state index contributed by atoms with van der Waals surface area (Å²) in [4.78, 5) is 4.29. The maximum atomic E-state index is 5.98. The van der Waals surface area contributed by atoms with Gasteiger partial charge in [0.05, 0.1) is 0 Å². The highest BCUT2D eigenvalue weighted by molar-refractivity contribution is 6.29. The standard InChI is InChI=1S/C16H11ClN4/c1-10-18-14(17)9-15-19-20-16(21(10)15)13-8-4-6-11-5-2-3-7-12(11)13/h2-9H,1H3. The molecule has 2 aromatic heterocycles. The highest BCUT2D eigenvalue weighted by Gasteiger charge is 2.13.